The van der Waals surface area contributed by atoms with Crippen molar-refractivity contribution in [2.24, 2.45) is 11.8 Å². The van der Waals surface area contributed by atoms with Crippen LogP contribution in [0.4, 0.5) is 11.4 Å². The molecular weight excluding hydrogens is 480 g/mol. The molecule has 1 aliphatic rings. The summed E-state index contributed by atoms with van der Waals surface area (Å²) in [5.41, 5.74) is 1.31. The minimum atomic E-state index is -0.953. The van der Waals surface area contributed by atoms with E-state index in [2.05, 4.69) is 26.6 Å². The van der Waals surface area contributed by atoms with Crippen LogP contribution in [-0.2, 0) is 14.4 Å². The van der Waals surface area contributed by atoms with Crippen molar-refractivity contribution in [3.63, 3.8) is 0 Å². The monoisotopic (exact) mass is 502 g/mol. The van der Waals surface area contributed by atoms with Crippen molar-refractivity contribution in [1.29, 1.82) is 0 Å². The second kappa shape index (κ2) is 10.6. The summed E-state index contributed by atoms with van der Waals surface area (Å²) in [6.45, 7) is 1.83. The quantitative estimate of drug-likeness (QED) is 0.358. The van der Waals surface area contributed by atoms with E-state index in [1.165, 1.54) is 11.8 Å². The molecule has 0 saturated heterocycles. The lowest BCUT2D eigenvalue weighted by atomic mass is 9.82. The van der Waals surface area contributed by atoms with Crippen LogP contribution in [-0.4, -0.2) is 28.1 Å². The fraction of sp³-hybridized carbons (Fsp3) is 0.261. The van der Waals surface area contributed by atoms with Gasteiger partial charge in [-0.15, -0.1) is 11.8 Å². The van der Waals surface area contributed by atoms with Gasteiger partial charge in [-0.05, 0) is 72.1 Å². The van der Waals surface area contributed by atoms with Gasteiger partial charge in [-0.25, -0.2) is 0 Å². The Bertz CT molecular complexity index is 993. The normalized spacial score (nSPS) is 18.8. The molecule has 3 N–H and O–H groups in total. The van der Waals surface area contributed by atoms with Crippen molar-refractivity contribution in [2.45, 2.75) is 29.9 Å². The number of aliphatic carboxylic acids is 1. The van der Waals surface area contributed by atoms with Gasteiger partial charge in [0.05, 0.1) is 22.8 Å². The van der Waals surface area contributed by atoms with Crippen LogP contribution in [0, 0.1) is 11.8 Å². The molecule has 162 valence electrons. The van der Waals surface area contributed by atoms with Gasteiger partial charge in [-0.2, -0.15) is 0 Å². The molecule has 2 aromatic rings. The number of carbonyl (C=O) groups is 3. The van der Waals surface area contributed by atoms with Crippen LogP contribution in [0.2, 0.25) is 0 Å². The highest BCUT2D eigenvalue weighted by molar-refractivity contribution is 9.10. The van der Waals surface area contributed by atoms with Gasteiger partial charge in [-0.3, -0.25) is 14.4 Å². The third-order valence-corrected chi connectivity index (χ3v) is 6.83. The second-order valence-electron chi connectivity index (χ2n) is 7.24. The molecule has 2 amide bonds. The Labute approximate surface area is 193 Å². The minimum Gasteiger partial charge on any atom is -0.481 e. The summed E-state index contributed by atoms with van der Waals surface area (Å²) in [7, 11) is 0. The lowest BCUT2D eigenvalue weighted by molar-refractivity contribution is -0.146. The fourth-order valence-electron chi connectivity index (χ4n) is 3.28. The molecular formula is C23H23BrN2O4S. The molecule has 6 nitrogen and oxygen atoms in total. The highest BCUT2D eigenvalue weighted by Crippen LogP contribution is 2.29. The molecule has 0 aliphatic heterocycles. The number of allylic oxidation sites excluding steroid dienone is 2. The van der Waals surface area contributed by atoms with Crippen LogP contribution in [0.3, 0.4) is 0 Å². The third-order valence-electron chi connectivity index (χ3n) is 5.02. The molecule has 3 unspecified atom stereocenters. The number of carboxylic acid groups (broad SMARTS) is 1. The molecule has 1 aliphatic carbocycles. The van der Waals surface area contributed by atoms with Crippen molar-refractivity contribution in [1.82, 2.24) is 0 Å². The minimum absolute atomic E-state index is 0.112. The topological polar surface area (TPSA) is 95.5 Å². The molecule has 3 rings (SSSR count). The van der Waals surface area contributed by atoms with Gasteiger partial charge in [-0.1, -0.05) is 24.3 Å². The predicted octanol–water partition coefficient (Wildman–Crippen LogP) is 5.17. The van der Waals surface area contributed by atoms with E-state index in [0.29, 0.717) is 18.5 Å². The number of hydrogen-bond acceptors (Lipinski definition) is 4. The number of halogens is 1. The first-order valence-corrected chi connectivity index (χ1v) is 11.5. The first-order valence-electron chi connectivity index (χ1n) is 9.86. The summed E-state index contributed by atoms with van der Waals surface area (Å²) in [5, 5.41) is 14.7. The van der Waals surface area contributed by atoms with Crippen molar-refractivity contribution >= 4 is 56.9 Å². The Morgan fingerprint density at radius 3 is 2.29 bits per heavy atom. The molecule has 0 heterocycles. The van der Waals surface area contributed by atoms with Crippen LogP contribution in [0.1, 0.15) is 19.8 Å². The van der Waals surface area contributed by atoms with E-state index in [1.807, 2.05) is 55.5 Å². The number of nitrogens with one attached hydrogen (secondary N) is 2. The summed E-state index contributed by atoms with van der Waals surface area (Å²) in [6, 6.07) is 14.6. The van der Waals surface area contributed by atoms with E-state index in [9.17, 15) is 19.5 Å². The van der Waals surface area contributed by atoms with E-state index < -0.39 is 17.8 Å². The van der Waals surface area contributed by atoms with Crippen molar-refractivity contribution < 1.29 is 19.5 Å². The Morgan fingerprint density at radius 1 is 1.00 bits per heavy atom. The maximum absolute atomic E-state index is 12.6. The molecule has 0 fully saturated rings. The van der Waals surface area contributed by atoms with Gasteiger partial charge in [0, 0.05) is 15.1 Å². The zero-order valence-electron chi connectivity index (χ0n) is 16.9. The van der Waals surface area contributed by atoms with Gasteiger partial charge in [0.1, 0.15) is 0 Å². The van der Waals surface area contributed by atoms with Crippen LogP contribution in [0.25, 0.3) is 0 Å². The molecule has 31 heavy (non-hydrogen) atoms. The van der Waals surface area contributed by atoms with Crippen molar-refractivity contribution in [2.75, 3.05) is 10.6 Å². The molecule has 0 saturated carbocycles. The number of amides is 2. The Kier molecular flexibility index (Phi) is 7.92. The van der Waals surface area contributed by atoms with E-state index >= 15 is 0 Å². The fourth-order valence-corrected chi connectivity index (χ4v) is 4.53. The van der Waals surface area contributed by atoms with E-state index in [4.69, 9.17) is 0 Å². The Morgan fingerprint density at radius 2 is 1.65 bits per heavy atom. The number of carbonyl (C=O) groups excluding carboxylic acids is 2. The summed E-state index contributed by atoms with van der Waals surface area (Å²) in [4.78, 5) is 37.3. The summed E-state index contributed by atoms with van der Waals surface area (Å²) >= 11 is 4.83. The maximum Gasteiger partial charge on any atom is 0.307 e. The first-order chi connectivity index (χ1) is 14.8. The predicted molar refractivity (Wildman–Crippen MR) is 126 cm³/mol. The van der Waals surface area contributed by atoms with E-state index in [1.54, 1.807) is 12.1 Å². The molecule has 0 spiro atoms. The van der Waals surface area contributed by atoms with Gasteiger partial charge in [0.2, 0.25) is 11.8 Å². The summed E-state index contributed by atoms with van der Waals surface area (Å²) in [6.07, 6.45) is 4.44. The average molecular weight is 503 g/mol. The largest absolute Gasteiger partial charge is 0.481 e. The highest BCUT2D eigenvalue weighted by Gasteiger charge is 2.33. The SMILES string of the molecule is CC(Sc1ccc(NC(=O)C2CC=CCC2C(=O)O)cc1)C(=O)Nc1ccccc1Br. The van der Waals surface area contributed by atoms with E-state index in [0.717, 1.165) is 15.1 Å². The number of thioether (sulfide) groups is 1. The summed E-state index contributed by atoms with van der Waals surface area (Å²) in [5.74, 6) is -2.65. The second-order valence-corrected chi connectivity index (χ2v) is 9.51. The third kappa shape index (κ3) is 6.21. The molecule has 2 aromatic carbocycles. The average Bonchev–Trinajstić information content (AvgIpc) is 2.76. The molecule has 0 radical (unpaired) electrons. The standard InChI is InChI=1S/C23H23BrN2O4S/c1-14(21(27)26-20-9-5-4-8-19(20)24)31-16-12-10-15(11-13-16)25-22(28)17-6-2-3-7-18(17)23(29)30/h2-5,8-14,17-18H,6-7H2,1H3,(H,25,28)(H,26,27)(H,29,30). The van der Waals surface area contributed by atoms with Crippen LogP contribution < -0.4 is 10.6 Å². The molecule has 0 aromatic heterocycles. The van der Waals surface area contributed by atoms with Gasteiger partial charge < -0.3 is 15.7 Å². The van der Waals surface area contributed by atoms with Gasteiger partial charge >= 0.3 is 5.97 Å². The maximum atomic E-state index is 12.6. The zero-order valence-corrected chi connectivity index (χ0v) is 19.3. The zero-order chi connectivity index (χ0) is 22.4. The smallest absolute Gasteiger partial charge is 0.307 e. The van der Waals surface area contributed by atoms with Gasteiger partial charge in [0.15, 0.2) is 0 Å². The number of anilines is 2. The number of para-hydroxylation sites is 1. The van der Waals surface area contributed by atoms with Crippen LogP contribution in [0.15, 0.2) is 70.1 Å². The van der Waals surface area contributed by atoms with Gasteiger partial charge in [0.25, 0.3) is 0 Å². The Balaban J connectivity index is 1.56. The van der Waals surface area contributed by atoms with E-state index in [-0.39, 0.29) is 17.1 Å². The number of benzene rings is 2. The summed E-state index contributed by atoms with van der Waals surface area (Å²) < 4.78 is 0.819. The highest BCUT2D eigenvalue weighted by atomic mass is 79.9. The first kappa shape index (κ1) is 23.1. The number of carboxylic acids is 1. The lowest BCUT2D eigenvalue weighted by Crippen LogP contribution is -2.34. The number of rotatable bonds is 7. The lowest BCUT2D eigenvalue weighted by Gasteiger charge is -2.24. The molecule has 3 atom stereocenters. The molecule has 0 bridgehead atoms. The van der Waals surface area contributed by atoms with Crippen molar-refractivity contribution in [3.05, 3.63) is 65.2 Å². The van der Waals surface area contributed by atoms with Crippen LogP contribution >= 0.6 is 27.7 Å². The molecule has 8 heteroatoms. The Hall–Kier alpha value is -2.58. The number of hydrogen-bond donors (Lipinski definition) is 3. The van der Waals surface area contributed by atoms with Crippen molar-refractivity contribution in [3.8, 4) is 0 Å². The van der Waals surface area contributed by atoms with Crippen LogP contribution in [0.5, 0.6) is 0 Å².